The van der Waals surface area contributed by atoms with Gasteiger partial charge in [-0.3, -0.25) is 4.98 Å². The fourth-order valence-electron chi connectivity index (χ4n) is 1.63. The fourth-order valence-corrected chi connectivity index (χ4v) is 2.35. The Kier molecular flexibility index (Phi) is 2.82. The largest absolute Gasteiger partial charge is 0.399 e. The number of rotatable bonds is 2. The van der Waals surface area contributed by atoms with Crippen LogP contribution in [-0.4, -0.2) is 15.0 Å². The molecule has 0 bridgehead atoms. The van der Waals surface area contributed by atoms with Crippen LogP contribution in [0.2, 0.25) is 0 Å². The van der Waals surface area contributed by atoms with Gasteiger partial charge in [-0.05, 0) is 36.0 Å². The van der Waals surface area contributed by atoms with Gasteiger partial charge in [0.1, 0.15) is 10.1 Å². The first kappa shape index (κ1) is 11.0. The van der Waals surface area contributed by atoms with E-state index in [4.69, 9.17) is 5.73 Å². The molecule has 0 fully saturated rings. The summed E-state index contributed by atoms with van der Waals surface area (Å²) >= 11 is 1.49. The number of benzene rings is 1. The van der Waals surface area contributed by atoms with Crippen LogP contribution in [0.4, 0.5) is 5.69 Å². The lowest BCUT2D eigenvalue weighted by molar-refractivity contribution is 1.05. The summed E-state index contributed by atoms with van der Waals surface area (Å²) in [5.41, 5.74) is 7.41. The summed E-state index contributed by atoms with van der Waals surface area (Å²) < 4.78 is 0. The third kappa shape index (κ3) is 2.26. The predicted octanol–water partition coefficient (Wildman–Crippen LogP) is 2.76. The molecular weight excluding hydrogens is 244 g/mol. The van der Waals surface area contributed by atoms with Crippen LogP contribution in [0.25, 0.3) is 10.9 Å². The van der Waals surface area contributed by atoms with E-state index >= 15 is 0 Å². The number of anilines is 1. The van der Waals surface area contributed by atoms with Crippen molar-refractivity contribution in [1.29, 1.82) is 0 Å². The first-order valence-corrected chi connectivity index (χ1v) is 6.23. The Balaban J connectivity index is 1.96. The van der Waals surface area contributed by atoms with Gasteiger partial charge in [0.05, 0.1) is 11.7 Å². The Morgan fingerprint density at radius 3 is 2.78 bits per heavy atom. The van der Waals surface area contributed by atoms with Crippen molar-refractivity contribution in [3.05, 3.63) is 48.9 Å². The maximum Gasteiger partial charge on any atom is 0.121 e. The quantitative estimate of drug-likeness (QED) is 0.712. The second kappa shape index (κ2) is 4.62. The number of hydrogen-bond donors (Lipinski definition) is 1. The summed E-state index contributed by atoms with van der Waals surface area (Å²) in [6.45, 7) is 0. The van der Waals surface area contributed by atoms with Gasteiger partial charge in [-0.15, -0.1) is 0 Å². The van der Waals surface area contributed by atoms with E-state index in [0.717, 1.165) is 26.6 Å². The van der Waals surface area contributed by atoms with Crippen molar-refractivity contribution in [1.82, 2.24) is 15.0 Å². The molecule has 0 aliphatic heterocycles. The van der Waals surface area contributed by atoms with Crippen molar-refractivity contribution in [2.75, 3.05) is 5.73 Å². The van der Waals surface area contributed by atoms with Crippen LogP contribution in [0.1, 0.15) is 0 Å². The summed E-state index contributed by atoms with van der Waals surface area (Å²) in [6, 6.07) is 9.66. The van der Waals surface area contributed by atoms with E-state index in [1.807, 2.05) is 30.3 Å². The highest BCUT2D eigenvalue weighted by Gasteiger charge is 2.02. The van der Waals surface area contributed by atoms with E-state index in [1.54, 1.807) is 18.6 Å². The summed E-state index contributed by atoms with van der Waals surface area (Å²) in [4.78, 5) is 12.8. The summed E-state index contributed by atoms with van der Waals surface area (Å²) in [6.07, 6.45) is 5.05. The van der Waals surface area contributed by atoms with Crippen molar-refractivity contribution < 1.29 is 0 Å². The van der Waals surface area contributed by atoms with Crippen LogP contribution in [0.3, 0.4) is 0 Å². The van der Waals surface area contributed by atoms with E-state index < -0.39 is 0 Å². The van der Waals surface area contributed by atoms with Crippen molar-refractivity contribution in [3.63, 3.8) is 0 Å². The van der Waals surface area contributed by atoms with E-state index in [-0.39, 0.29) is 0 Å². The van der Waals surface area contributed by atoms with Gasteiger partial charge in [0.2, 0.25) is 0 Å². The maximum absolute atomic E-state index is 5.73. The Hall–Kier alpha value is -2.14. The molecule has 0 saturated heterocycles. The van der Waals surface area contributed by atoms with E-state index in [0.29, 0.717) is 0 Å². The number of nitrogen functional groups attached to an aromatic ring is 1. The fraction of sp³-hybridized carbons (Fsp3) is 0. The minimum atomic E-state index is 0.749. The average molecular weight is 254 g/mol. The van der Waals surface area contributed by atoms with Gasteiger partial charge < -0.3 is 5.73 Å². The molecule has 0 spiro atoms. The van der Waals surface area contributed by atoms with Gasteiger partial charge in [0.25, 0.3) is 0 Å². The standard InChI is InChI=1S/C13H10N4S/c14-10-2-3-11-9(7-10)1-4-12(17-11)18-13-8-15-5-6-16-13/h1-8H,14H2. The lowest BCUT2D eigenvalue weighted by atomic mass is 10.2. The van der Waals surface area contributed by atoms with Crippen LogP contribution >= 0.6 is 11.8 Å². The molecule has 1 aromatic carbocycles. The SMILES string of the molecule is Nc1ccc2nc(Sc3cnccn3)ccc2c1. The first-order chi connectivity index (χ1) is 8.81. The van der Waals surface area contributed by atoms with E-state index in [2.05, 4.69) is 15.0 Å². The number of hydrogen-bond acceptors (Lipinski definition) is 5. The van der Waals surface area contributed by atoms with E-state index in [9.17, 15) is 0 Å². The van der Waals surface area contributed by atoms with Crippen LogP contribution < -0.4 is 5.73 Å². The third-order valence-corrected chi connectivity index (χ3v) is 3.29. The minimum Gasteiger partial charge on any atom is -0.399 e. The highest BCUT2D eigenvalue weighted by Crippen LogP contribution is 2.25. The highest BCUT2D eigenvalue weighted by molar-refractivity contribution is 7.99. The molecule has 88 valence electrons. The van der Waals surface area contributed by atoms with Crippen LogP contribution in [-0.2, 0) is 0 Å². The van der Waals surface area contributed by atoms with Gasteiger partial charge in [-0.2, -0.15) is 0 Å². The number of nitrogens with zero attached hydrogens (tertiary/aromatic N) is 3. The van der Waals surface area contributed by atoms with Crippen molar-refractivity contribution in [2.24, 2.45) is 0 Å². The zero-order chi connectivity index (χ0) is 12.4. The van der Waals surface area contributed by atoms with Crippen molar-refractivity contribution in [3.8, 4) is 0 Å². The molecule has 0 aliphatic rings. The normalized spacial score (nSPS) is 10.7. The molecule has 3 rings (SSSR count). The molecule has 3 aromatic rings. The number of fused-ring (bicyclic) bond motifs is 1. The molecule has 0 amide bonds. The number of nitrogens with two attached hydrogens (primary N) is 1. The third-order valence-electron chi connectivity index (χ3n) is 2.44. The molecule has 0 unspecified atom stereocenters. The average Bonchev–Trinajstić information content (AvgIpc) is 2.40. The lowest BCUT2D eigenvalue weighted by Gasteiger charge is -2.02. The zero-order valence-electron chi connectivity index (χ0n) is 9.45. The topological polar surface area (TPSA) is 64.7 Å². The minimum absolute atomic E-state index is 0.749. The molecule has 2 aromatic heterocycles. The summed E-state index contributed by atoms with van der Waals surface area (Å²) in [7, 11) is 0. The van der Waals surface area contributed by atoms with Crippen LogP contribution in [0.15, 0.2) is 59.0 Å². The second-order valence-corrected chi connectivity index (χ2v) is 4.79. The van der Waals surface area contributed by atoms with Crippen LogP contribution in [0.5, 0.6) is 0 Å². The van der Waals surface area contributed by atoms with E-state index in [1.165, 1.54) is 11.8 Å². The smallest absolute Gasteiger partial charge is 0.121 e. The van der Waals surface area contributed by atoms with Gasteiger partial charge in [-0.25, -0.2) is 9.97 Å². The molecule has 0 atom stereocenters. The lowest BCUT2D eigenvalue weighted by Crippen LogP contribution is -1.87. The molecule has 0 saturated carbocycles. The molecule has 2 heterocycles. The van der Waals surface area contributed by atoms with Gasteiger partial charge >= 0.3 is 0 Å². The van der Waals surface area contributed by atoms with Crippen molar-refractivity contribution >= 4 is 28.4 Å². The second-order valence-electron chi connectivity index (χ2n) is 3.75. The summed E-state index contributed by atoms with van der Waals surface area (Å²) in [5.74, 6) is 0. The number of pyridine rings is 1. The molecule has 2 N–H and O–H groups in total. The Morgan fingerprint density at radius 2 is 1.94 bits per heavy atom. The Morgan fingerprint density at radius 1 is 1.00 bits per heavy atom. The molecule has 5 heteroatoms. The Bertz CT molecular complexity index is 685. The van der Waals surface area contributed by atoms with Crippen LogP contribution in [0, 0.1) is 0 Å². The maximum atomic E-state index is 5.73. The molecule has 18 heavy (non-hydrogen) atoms. The molecule has 4 nitrogen and oxygen atoms in total. The van der Waals surface area contributed by atoms with Gasteiger partial charge in [0.15, 0.2) is 0 Å². The monoisotopic (exact) mass is 254 g/mol. The molecule has 0 aliphatic carbocycles. The van der Waals surface area contributed by atoms with Crippen molar-refractivity contribution in [2.45, 2.75) is 10.1 Å². The Labute approximate surface area is 108 Å². The number of aromatic nitrogens is 3. The van der Waals surface area contributed by atoms with Gasteiger partial charge in [-0.1, -0.05) is 6.07 Å². The summed E-state index contributed by atoms with van der Waals surface area (Å²) in [5, 5.41) is 2.77. The molecular formula is C13H10N4S. The highest BCUT2D eigenvalue weighted by atomic mass is 32.2. The molecule has 0 radical (unpaired) electrons. The first-order valence-electron chi connectivity index (χ1n) is 5.41. The van der Waals surface area contributed by atoms with Gasteiger partial charge in [0, 0.05) is 23.5 Å². The predicted molar refractivity (Wildman–Crippen MR) is 72.3 cm³/mol. The zero-order valence-corrected chi connectivity index (χ0v) is 10.3.